The molecule has 126 valence electrons. The zero-order valence-corrected chi connectivity index (χ0v) is 14.7. The molecule has 3 heteroatoms. The molecular weight excluding hydrogens is 272 g/mol. The number of carbonyl (C=O) groups excluding carboxylic acids is 1. The van der Waals surface area contributed by atoms with Crippen molar-refractivity contribution < 1.29 is 4.79 Å². The van der Waals surface area contributed by atoms with Gasteiger partial charge in [-0.3, -0.25) is 9.69 Å². The second-order valence-electron chi connectivity index (χ2n) is 9.09. The molecule has 1 N–H and O–H groups in total. The number of carbonyl (C=O) groups is 1. The standard InChI is InChI=1S/C19H34N2O/c1-19(2,3)18(22)20-16-11-15(10-14-8-9-14)12-21(13-16)17-6-4-5-7-17/h14-17H,4-13H2,1-3H3,(H,20,22). The second-order valence-corrected chi connectivity index (χ2v) is 9.09. The molecule has 2 saturated carbocycles. The molecule has 1 amide bonds. The fraction of sp³-hybridized carbons (Fsp3) is 0.947. The van der Waals surface area contributed by atoms with Crippen molar-refractivity contribution in [1.82, 2.24) is 10.2 Å². The Hall–Kier alpha value is -0.570. The Balaban J connectivity index is 1.61. The van der Waals surface area contributed by atoms with Gasteiger partial charge in [0.1, 0.15) is 0 Å². The van der Waals surface area contributed by atoms with Crippen LogP contribution in [0.25, 0.3) is 0 Å². The number of rotatable bonds is 4. The van der Waals surface area contributed by atoms with Gasteiger partial charge < -0.3 is 5.32 Å². The minimum atomic E-state index is -0.276. The summed E-state index contributed by atoms with van der Waals surface area (Å²) in [5, 5.41) is 3.36. The SMILES string of the molecule is CC(C)(C)C(=O)NC1CC(CC2CC2)CN(C2CCCC2)C1. The van der Waals surface area contributed by atoms with Crippen molar-refractivity contribution in [2.45, 2.75) is 84.2 Å². The van der Waals surface area contributed by atoms with Gasteiger partial charge in [0.25, 0.3) is 0 Å². The predicted molar refractivity (Wildman–Crippen MR) is 90.7 cm³/mol. The van der Waals surface area contributed by atoms with Gasteiger partial charge in [-0.25, -0.2) is 0 Å². The highest BCUT2D eigenvalue weighted by atomic mass is 16.2. The molecule has 1 saturated heterocycles. The van der Waals surface area contributed by atoms with Crippen molar-refractivity contribution in [2.24, 2.45) is 17.3 Å². The van der Waals surface area contributed by atoms with Crippen LogP contribution in [0, 0.1) is 17.3 Å². The lowest BCUT2D eigenvalue weighted by atomic mass is 9.87. The molecule has 2 aliphatic carbocycles. The summed E-state index contributed by atoms with van der Waals surface area (Å²) in [6.45, 7) is 8.40. The van der Waals surface area contributed by atoms with Crippen LogP contribution in [0.3, 0.4) is 0 Å². The first-order valence-electron chi connectivity index (χ1n) is 9.47. The number of nitrogens with one attached hydrogen (secondary N) is 1. The van der Waals surface area contributed by atoms with E-state index in [1.807, 2.05) is 20.8 Å². The third kappa shape index (κ3) is 4.24. The second kappa shape index (κ2) is 6.51. The largest absolute Gasteiger partial charge is 0.352 e. The Morgan fingerprint density at radius 3 is 2.32 bits per heavy atom. The number of piperidine rings is 1. The van der Waals surface area contributed by atoms with Gasteiger partial charge in [-0.05, 0) is 37.5 Å². The van der Waals surface area contributed by atoms with Crippen molar-refractivity contribution in [1.29, 1.82) is 0 Å². The Bertz CT molecular complexity index is 391. The summed E-state index contributed by atoms with van der Waals surface area (Å²) in [5.74, 6) is 2.01. The molecule has 3 nitrogen and oxygen atoms in total. The fourth-order valence-electron chi connectivity index (χ4n) is 4.31. The third-order valence-electron chi connectivity index (χ3n) is 5.79. The maximum atomic E-state index is 12.4. The summed E-state index contributed by atoms with van der Waals surface area (Å²) in [7, 11) is 0. The summed E-state index contributed by atoms with van der Waals surface area (Å²) < 4.78 is 0. The van der Waals surface area contributed by atoms with Crippen LogP contribution < -0.4 is 5.32 Å². The monoisotopic (exact) mass is 306 g/mol. The molecule has 3 rings (SSSR count). The minimum Gasteiger partial charge on any atom is -0.352 e. The third-order valence-corrected chi connectivity index (χ3v) is 5.79. The van der Waals surface area contributed by atoms with Crippen LogP contribution in [0.5, 0.6) is 0 Å². The van der Waals surface area contributed by atoms with E-state index in [4.69, 9.17) is 0 Å². The summed E-state index contributed by atoms with van der Waals surface area (Å²) >= 11 is 0. The van der Waals surface area contributed by atoms with Gasteiger partial charge in [-0.1, -0.05) is 46.5 Å². The van der Waals surface area contributed by atoms with Crippen LogP contribution in [-0.4, -0.2) is 36.0 Å². The van der Waals surface area contributed by atoms with E-state index in [9.17, 15) is 4.79 Å². The van der Waals surface area contributed by atoms with Gasteiger partial charge in [-0.15, -0.1) is 0 Å². The molecule has 0 radical (unpaired) electrons. The first-order chi connectivity index (χ1) is 10.4. The molecule has 1 aliphatic heterocycles. The van der Waals surface area contributed by atoms with E-state index in [-0.39, 0.29) is 11.3 Å². The molecule has 0 aromatic rings. The number of amides is 1. The van der Waals surface area contributed by atoms with Gasteiger partial charge >= 0.3 is 0 Å². The van der Waals surface area contributed by atoms with Crippen LogP contribution in [-0.2, 0) is 4.79 Å². The average molecular weight is 306 g/mol. The van der Waals surface area contributed by atoms with Crippen molar-refractivity contribution in [2.75, 3.05) is 13.1 Å². The summed E-state index contributed by atoms with van der Waals surface area (Å²) in [5.41, 5.74) is -0.276. The van der Waals surface area contributed by atoms with Crippen LogP contribution >= 0.6 is 0 Å². The molecule has 22 heavy (non-hydrogen) atoms. The minimum absolute atomic E-state index is 0.218. The molecular formula is C19H34N2O. The molecule has 1 heterocycles. The highest BCUT2D eigenvalue weighted by Crippen LogP contribution is 2.39. The molecule has 2 atom stereocenters. The smallest absolute Gasteiger partial charge is 0.225 e. The Kier molecular flexibility index (Phi) is 4.82. The number of nitrogens with zero attached hydrogens (tertiary/aromatic N) is 1. The van der Waals surface area contributed by atoms with Crippen LogP contribution in [0.4, 0.5) is 0 Å². The van der Waals surface area contributed by atoms with Gasteiger partial charge in [0, 0.05) is 30.6 Å². The van der Waals surface area contributed by atoms with E-state index in [1.54, 1.807) is 0 Å². The van der Waals surface area contributed by atoms with Crippen LogP contribution in [0.15, 0.2) is 0 Å². The van der Waals surface area contributed by atoms with Crippen LogP contribution in [0.1, 0.15) is 72.1 Å². The molecule has 3 aliphatic rings. The van der Waals surface area contributed by atoms with E-state index in [2.05, 4.69) is 10.2 Å². The van der Waals surface area contributed by atoms with Gasteiger partial charge in [0.2, 0.25) is 5.91 Å². The predicted octanol–water partition coefficient (Wildman–Crippen LogP) is 3.58. The van der Waals surface area contributed by atoms with Crippen molar-refractivity contribution in [3.63, 3.8) is 0 Å². The van der Waals surface area contributed by atoms with E-state index < -0.39 is 0 Å². The lowest BCUT2D eigenvalue weighted by Crippen LogP contribution is -2.54. The van der Waals surface area contributed by atoms with Gasteiger partial charge in [0.05, 0.1) is 0 Å². The number of hydrogen-bond acceptors (Lipinski definition) is 2. The topological polar surface area (TPSA) is 32.3 Å². The molecule has 0 aromatic heterocycles. The van der Waals surface area contributed by atoms with Crippen molar-refractivity contribution in [3.05, 3.63) is 0 Å². The average Bonchev–Trinajstić information content (AvgIpc) is 3.07. The maximum absolute atomic E-state index is 12.4. The normalized spacial score (nSPS) is 31.4. The summed E-state index contributed by atoms with van der Waals surface area (Å²) in [6, 6.07) is 1.15. The molecule has 3 fully saturated rings. The Labute approximate surface area is 136 Å². The first-order valence-corrected chi connectivity index (χ1v) is 9.47. The van der Waals surface area contributed by atoms with Gasteiger partial charge in [-0.2, -0.15) is 0 Å². The number of hydrogen-bond donors (Lipinski definition) is 1. The zero-order valence-electron chi connectivity index (χ0n) is 14.7. The quantitative estimate of drug-likeness (QED) is 0.861. The van der Waals surface area contributed by atoms with E-state index >= 15 is 0 Å². The van der Waals surface area contributed by atoms with E-state index in [1.165, 1.54) is 57.9 Å². The molecule has 0 aromatic carbocycles. The highest BCUT2D eigenvalue weighted by Gasteiger charge is 2.36. The Morgan fingerprint density at radius 1 is 1.05 bits per heavy atom. The lowest BCUT2D eigenvalue weighted by molar-refractivity contribution is -0.129. The maximum Gasteiger partial charge on any atom is 0.225 e. The van der Waals surface area contributed by atoms with Crippen molar-refractivity contribution >= 4 is 5.91 Å². The zero-order chi connectivity index (χ0) is 15.7. The highest BCUT2D eigenvalue weighted by molar-refractivity contribution is 5.81. The first kappa shape index (κ1) is 16.3. The van der Waals surface area contributed by atoms with Crippen molar-refractivity contribution in [3.8, 4) is 0 Å². The molecule has 0 spiro atoms. The van der Waals surface area contributed by atoms with Crippen LogP contribution in [0.2, 0.25) is 0 Å². The summed E-state index contributed by atoms with van der Waals surface area (Å²) in [4.78, 5) is 15.1. The molecule has 2 unspecified atom stereocenters. The lowest BCUT2D eigenvalue weighted by Gasteiger charge is -2.42. The number of likely N-dealkylation sites (tertiary alicyclic amines) is 1. The van der Waals surface area contributed by atoms with E-state index in [0.29, 0.717) is 6.04 Å². The molecule has 0 bridgehead atoms. The van der Waals surface area contributed by atoms with E-state index in [0.717, 1.165) is 24.4 Å². The fourth-order valence-corrected chi connectivity index (χ4v) is 4.31. The van der Waals surface area contributed by atoms with Gasteiger partial charge in [0.15, 0.2) is 0 Å². The summed E-state index contributed by atoms with van der Waals surface area (Å²) in [6.07, 6.45) is 11.0. The Morgan fingerprint density at radius 2 is 1.73 bits per heavy atom.